The van der Waals surface area contributed by atoms with Gasteiger partial charge in [0.2, 0.25) is 10.0 Å². The molecule has 0 aliphatic carbocycles. The summed E-state index contributed by atoms with van der Waals surface area (Å²) >= 11 is 0. The average Bonchev–Trinajstić information content (AvgIpc) is 2.59. The van der Waals surface area contributed by atoms with Crippen LogP contribution < -0.4 is 5.32 Å². The van der Waals surface area contributed by atoms with Crippen LogP contribution in [0, 0.1) is 0 Å². The van der Waals surface area contributed by atoms with Gasteiger partial charge in [0.1, 0.15) is 0 Å². The molecule has 1 heterocycles. The molecular formula is C17H27N3O3S. The van der Waals surface area contributed by atoms with Crippen molar-refractivity contribution in [1.29, 1.82) is 0 Å². The van der Waals surface area contributed by atoms with Crippen molar-refractivity contribution < 1.29 is 13.2 Å². The molecule has 0 spiro atoms. The van der Waals surface area contributed by atoms with Crippen LogP contribution in [0.5, 0.6) is 0 Å². The molecule has 1 fully saturated rings. The molecule has 1 N–H and O–H groups in total. The Morgan fingerprint density at radius 1 is 1.08 bits per heavy atom. The summed E-state index contributed by atoms with van der Waals surface area (Å²) in [7, 11) is -3.33. The van der Waals surface area contributed by atoms with Crippen LogP contribution in [-0.4, -0.2) is 56.4 Å². The third kappa shape index (κ3) is 5.49. The molecule has 134 valence electrons. The molecule has 0 aromatic heterocycles. The van der Waals surface area contributed by atoms with Gasteiger partial charge in [-0.05, 0) is 12.0 Å². The van der Waals surface area contributed by atoms with Crippen molar-refractivity contribution in [2.45, 2.75) is 31.9 Å². The molecule has 1 aromatic rings. The quantitative estimate of drug-likeness (QED) is 0.763. The molecule has 0 atom stereocenters. The fourth-order valence-corrected chi connectivity index (χ4v) is 4.24. The highest BCUT2D eigenvalue weighted by Gasteiger charge is 2.28. The van der Waals surface area contributed by atoms with Crippen LogP contribution in [0.15, 0.2) is 30.3 Å². The van der Waals surface area contributed by atoms with Crippen molar-refractivity contribution in [1.82, 2.24) is 14.5 Å². The number of hydrogen-bond donors (Lipinski definition) is 1. The lowest BCUT2D eigenvalue weighted by Crippen LogP contribution is -2.53. The van der Waals surface area contributed by atoms with Crippen molar-refractivity contribution >= 4 is 16.1 Å². The van der Waals surface area contributed by atoms with E-state index in [2.05, 4.69) is 12.2 Å². The van der Waals surface area contributed by atoms with Gasteiger partial charge in [-0.1, -0.05) is 50.1 Å². The van der Waals surface area contributed by atoms with E-state index in [9.17, 15) is 13.2 Å². The molecule has 0 unspecified atom stereocenters. The van der Waals surface area contributed by atoms with E-state index >= 15 is 0 Å². The second-order valence-electron chi connectivity index (χ2n) is 6.07. The lowest BCUT2D eigenvalue weighted by atomic mass is 10.2. The summed E-state index contributed by atoms with van der Waals surface area (Å²) in [4.78, 5) is 13.8. The second-order valence-corrected chi connectivity index (χ2v) is 8.04. The first-order valence-electron chi connectivity index (χ1n) is 8.57. The summed E-state index contributed by atoms with van der Waals surface area (Å²) in [6.45, 7) is 4.40. The highest BCUT2D eigenvalue weighted by molar-refractivity contribution is 7.88. The number of nitrogens with one attached hydrogen (secondary N) is 1. The lowest BCUT2D eigenvalue weighted by Gasteiger charge is -2.34. The van der Waals surface area contributed by atoms with E-state index in [-0.39, 0.29) is 11.8 Å². The molecule has 1 saturated heterocycles. The van der Waals surface area contributed by atoms with E-state index in [1.807, 2.05) is 30.3 Å². The van der Waals surface area contributed by atoms with Gasteiger partial charge in [0.15, 0.2) is 0 Å². The van der Waals surface area contributed by atoms with Crippen molar-refractivity contribution in [2.75, 3.05) is 32.7 Å². The Morgan fingerprint density at radius 2 is 1.75 bits per heavy atom. The highest BCUT2D eigenvalue weighted by Crippen LogP contribution is 2.13. The molecule has 1 aliphatic heterocycles. The number of benzene rings is 1. The van der Waals surface area contributed by atoms with Gasteiger partial charge in [0.05, 0.1) is 5.75 Å². The zero-order valence-corrected chi connectivity index (χ0v) is 15.1. The maximum Gasteiger partial charge on any atom is 0.317 e. The number of carbonyl (C=O) groups excluding carboxylic acids is 1. The molecule has 0 radical (unpaired) electrons. The van der Waals surface area contributed by atoms with Crippen molar-refractivity contribution in [2.24, 2.45) is 0 Å². The first-order chi connectivity index (χ1) is 11.5. The Kier molecular flexibility index (Phi) is 7.05. The third-order valence-corrected chi connectivity index (χ3v) is 6.02. The Hall–Kier alpha value is -1.60. The number of unbranched alkanes of at least 4 members (excludes halogenated alkanes) is 2. The molecule has 1 aromatic carbocycles. The van der Waals surface area contributed by atoms with Crippen LogP contribution in [0.25, 0.3) is 0 Å². The lowest BCUT2D eigenvalue weighted by molar-refractivity contribution is 0.172. The molecule has 2 rings (SSSR count). The molecule has 2 amide bonds. The molecule has 6 nitrogen and oxygen atoms in total. The minimum atomic E-state index is -3.33. The first kappa shape index (κ1) is 18.7. The molecular weight excluding hydrogens is 326 g/mol. The summed E-state index contributed by atoms with van der Waals surface area (Å²) in [5, 5.41) is 2.90. The van der Waals surface area contributed by atoms with Crippen molar-refractivity contribution in [3.63, 3.8) is 0 Å². The average molecular weight is 353 g/mol. The smallest absolute Gasteiger partial charge is 0.317 e. The molecule has 0 bridgehead atoms. The normalized spacial score (nSPS) is 16.1. The van der Waals surface area contributed by atoms with E-state index in [0.29, 0.717) is 32.7 Å². The Morgan fingerprint density at radius 3 is 2.38 bits per heavy atom. The number of carbonyl (C=O) groups is 1. The summed E-state index contributed by atoms with van der Waals surface area (Å²) in [5.41, 5.74) is 0.786. The Balaban J connectivity index is 1.80. The van der Waals surface area contributed by atoms with Crippen LogP contribution in [0.2, 0.25) is 0 Å². The van der Waals surface area contributed by atoms with Gasteiger partial charge in [-0.3, -0.25) is 0 Å². The van der Waals surface area contributed by atoms with Crippen molar-refractivity contribution in [3.8, 4) is 0 Å². The minimum Gasteiger partial charge on any atom is -0.338 e. The van der Waals surface area contributed by atoms with Gasteiger partial charge in [-0.2, -0.15) is 4.31 Å². The summed E-state index contributed by atoms with van der Waals surface area (Å²) in [6, 6.07) is 9.09. The van der Waals surface area contributed by atoms with Gasteiger partial charge in [-0.15, -0.1) is 0 Å². The largest absolute Gasteiger partial charge is 0.338 e. The number of hydrogen-bond acceptors (Lipinski definition) is 3. The monoisotopic (exact) mass is 353 g/mol. The van der Waals surface area contributed by atoms with Crippen molar-refractivity contribution in [3.05, 3.63) is 35.9 Å². The van der Waals surface area contributed by atoms with E-state index in [1.165, 1.54) is 4.31 Å². The highest BCUT2D eigenvalue weighted by atomic mass is 32.2. The number of urea groups is 1. The van der Waals surface area contributed by atoms with Gasteiger partial charge in [-0.25, -0.2) is 13.2 Å². The maximum atomic E-state index is 12.5. The zero-order valence-electron chi connectivity index (χ0n) is 14.3. The predicted molar refractivity (Wildman–Crippen MR) is 95.1 cm³/mol. The number of amides is 2. The first-order valence-corrected chi connectivity index (χ1v) is 10.2. The van der Waals surface area contributed by atoms with Crippen LogP contribution in [-0.2, 0) is 15.8 Å². The third-order valence-electron chi connectivity index (χ3n) is 4.17. The van der Waals surface area contributed by atoms with Crippen LogP contribution in [0.1, 0.15) is 31.7 Å². The van der Waals surface area contributed by atoms with Gasteiger partial charge in [0, 0.05) is 32.7 Å². The Labute approximate surface area is 144 Å². The number of nitrogens with zero attached hydrogens (tertiary/aromatic N) is 2. The van der Waals surface area contributed by atoms with E-state index < -0.39 is 10.0 Å². The fraction of sp³-hybridized carbons (Fsp3) is 0.588. The Bertz CT molecular complexity index is 611. The summed E-state index contributed by atoms with van der Waals surface area (Å²) in [5.74, 6) is 0.0110. The molecule has 7 heteroatoms. The van der Waals surface area contributed by atoms with Crippen LogP contribution in [0.3, 0.4) is 0 Å². The molecule has 24 heavy (non-hydrogen) atoms. The van der Waals surface area contributed by atoms with Crippen LogP contribution >= 0.6 is 0 Å². The van der Waals surface area contributed by atoms with Gasteiger partial charge < -0.3 is 10.2 Å². The number of sulfonamides is 1. The van der Waals surface area contributed by atoms with E-state index in [4.69, 9.17) is 0 Å². The standard InChI is InChI=1S/C17H27N3O3S/c1-2-3-7-10-18-17(21)19-11-13-20(14-12-19)24(22,23)15-16-8-5-4-6-9-16/h4-6,8-9H,2-3,7,10-15H2,1H3,(H,18,21). The van der Waals surface area contributed by atoms with E-state index in [1.54, 1.807) is 4.90 Å². The maximum absolute atomic E-state index is 12.5. The number of rotatable bonds is 7. The molecule has 0 saturated carbocycles. The van der Waals surface area contributed by atoms with Gasteiger partial charge >= 0.3 is 6.03 Å². The predicted octanol–water partition coefficient (Wildman–Crippen LogP) is 2.03. The van der Waals surface area contributed by atoms with E-state index in [0.717, 1.165) is 24.8 Å². The number of piperazine rings is 1. The zero-order chi connectivity index (χ0) is 17.4. The molecule has 1 aliphatic rings. The minimum absolute atomic E-state index is 0.0110. The fourth-order valence-electron chi connectivity index (χ4n) is 2.73. The SMILES string of the molecule is CCCCCNC(=O)N1CCN(S(=O)(=O)Cc2ccccc2)CC1. The van der Waals surface area contributed by atoms with Crippen LogP contribution in [0.4, 0.5) is 4.79 Å². The topological polar surface area (TPSA) is 69.7 Å². The summed E-state index contributed by atoms with van der Waals surface area (Å²) in [6.07, 6.45) is 3.20. The summed E-state index contributed by atoms with van der Waals surface area (Å²) < 4.78 is 26.5. The second kappa shape index (κ2) is 9.03. The van der Waals surface area contributed by atoms with Gasteiger partial charge in [0.25, 0.3) is 0 Å².